The minimum absolute atomic E-state index is 0.178. The molecule has 0 saturated heterocycles. The van der Waals surface area contributed by atoms with Gasteiger partial charge in [-0.25, -0.2) is 4.57 Å². The highest BCUT2D eigenvalue weighted by Crippen LogP contribution is 2.45. The second kappa shape index (κ2) is 17.7. The van der Waals surface area contributed by atoms with Crippen LogP contribution >= 0.6 is 7.82 Å². The van der Waals surface area contributed by atoms with Gasteiger partial charge in [-0.15, -0.1) is 0 Å². The molecule has 0 fully saturated rings. The number of unbranched alkanes of at least 4 members (excludes halogenated alkanes) is 11. The largest absolute Gasteiger partial charge is 0.472 e. The van der Waals surface area contributed by atoms with Crippen molar-refractivity contribution in [3.8, 4) is 0 Å². The van der Waals surface area contributed by atoms with Crippen molar-refractivity contribution in [1.82, 2.24) is 0 Å². The quantitative estimate of drug-likeness (QED) is 0.119. The third kappa shape index (κ3) is 21.1. The highest BCUT2D eigenvalue weighted by molar-refractivity contribution is 7.47. The van der Waals surface area contributed by atoms with Crippen molar-refractivity contribution in [2.75, 3.05) is 34.3 Å². The van der Waals surface area contributed by atoms with Gasteiger partial charge in [-0.2, -0.15) is 0 Å². The minimum atomic E-state index is -3.96. The Balaban J connectivity index is 3.81. The molecule has 0 aliphatic carbocycles. The first kappa shape index (κ1) is 29.1. The van der Waals surface area contributed by atoms with E-state index in [2.05, 4.69) is 13.8 Å². The van der Waals surface area contributed by atoms with Crippen LogP contribution in [0.25, 0.3) is 0 Å². The van der Waals surface area contributed by atoms with Crippen LogP contribution in [0.2, 0.25) is 0 Å². The average Bonchev–Trinajstić information content (AvgIpc) is 2.61. The minimum Gasteiger partial charge on any atom is -0.329 e. The number of hydrogen-bond donors (Lipinski definition) is 1. The van der Waals surface area contributed by atoms with E-state index in [9.17, 15) is 9.46 Å². The molecule has 0 rings (SSSR count). The Kier molecular flexibility index (Phi) is 17.8. The van der Waals surface area contributed by atoms with Gasteiger partial charge in [-0.05, 0) is 12.8 Å². The molecule has 0 aromatic heterocycles. The van der Waals surface area contributed by atoms with Crippen molar-refractivity contribution in [2.24, 2.45) is 0 Å². The average molecular weight is 437 g/mol. The van der Waals surface area contributed by atoms with Crippen LogP contribution in [-0.2, 0) is 13.6 Å². The Hall–Kier alpha value is 0.0700. The molecule has 0 radical (unpaired) electrons. The number of phosphoric acid groups is 1. The first-order chi connectivity index (χ1) is 13.7. The third-order valence-electron chi connectivity index (χ3n) is 5.29. The fraction of sp³-hybridized carbons (Fsp3) is 1.00. The Morgan fingerprint density at radius 2 is 1.24 bits per heavy atom. The molecule has 0 heterocycles. The maximum Gasteiger partial charge on any atom is 0.472 e. The van der Waals surface area contributed by atoms with E-state index in [0.717, 1.165) is 25.7 Å². The van der Waals surface area contributed by atoms with E-state index < -0.39 is 7.82 Å². The Bertz CT molecular complexity index is 412. The van der Waals surface area contributed by atoms with Crippen molar-refractivity contribution in [3.05, 3.63) is 0 Å². The Morgan fingerprint density at radius 1 is 0.759 bits per heavy atom. The summed E-state index contributed by atoms with van der Waals surface area (Å²) in [5.41, 5.74) is 0. The van der Waals surface area contributed by atoms with Gasteiger partial charge in [0.2, 0.25) is 0 Å². The highest BCUT2D eigenvalue weighted by atomic mass is 31.2. The van der Waals surface area contributed by atoms with Crippen molar-refractivity contribution < 1.29 is 23.0 Å². The SMILES string of the molecule is CCCCCCCCCCCCCCC(CCC)OP(=O)(O)OCC[N+](C)(C)C. The third-order valence-corrected chi connectivity index (χ3v) is 6.36. The van der Waals surface area contributed by atoms with Crippen LogP contribution in [0.15, 0.2) is 0 Å². The van der Waals surface area contributed by atoms with Crippen LogP contribution in [0.5, 0.6) is 0 Å². The molecule has 0 aromatic carbocycles. The second-order valence-electron chi connectivity index (χ2n) is 9.51. The lowest BCUT2D eigenvalue weighted by molar-refractivity contribution is -0.870. The summed E-state index contributed by atoms with van der Waals surface area (Å²) in [6.07, 6.45) is 18.2. The summed E-state index contributed by atoms with van der Waals surface area (Å²) in [6, 6.07) is 0. The lowest BCUT2D eigenvalue weighted by Crippen LogP contribution is -2.37. The molecule has 2 unspecified atom stereocenters. The molecule has 0 aliphatic heterocycles. The molecule has 0 spiro atoms. The van der Waals surface area contributed by atoms with Gasteiger partial charge in [0.05, 0.1) is 27.2 Å². The lowest BCUT2D eigenvalue weighted by atomic mass is 10.0. The van der Waals surface area contributed by atoms with Gasteiger partial charge in [0, 0.05) is 0 Å². The van der Waals surface area contributed by atoms with Crippen molar-refractivity contribution >= 4 is 7.82 Å². The van der Waals surface area contributed by atoms with Crippen LogP contribution in [0.1, 0.15) is 110 Å². The molecule has 6 heteroatoms. The van der Waals surface area contributed by atoms with Gasteiger partial charge in [-0.1, -0.05) is 97.3 Å². The summed E-state index contributed by atoms with van der Waals surface area (Å²) in [4.78, 5) is 10.0. The predicted molar refractivity (Wildman–Crippen MR) is 124 cm³/mol. The summed E-state index contributed by atoms with van der Waals surface area (Å²) in [5, 5.41) is 0. The zero-order valence-corrected chi connectivity index (χ0v) is 21.1. The lowest BCUT2D eigenvalue weighted by Gasteiger charge is -2.25. The molecule has 0 aliphatic rings. The van der Waals surface area contributed by atoms with Crippen molar-refractivity contribution in [2.45, 2.75) is 116 Å². The first-order valence-electron chi connectivity index (χ1n) is 12.2. The topological polar surface area (TPSA) is 55.8 Å². The molecule has 0 saturated carbocycles. The van der Waals surface area contributed by atoms with Gasteiger partial charge < -0.3 is 9.38 Å². The van der Waals surface area contributed by atoms with Crippen LogP contribution in [-0.4, -0.2) is 49.8 Å². The van der Waals surface area contributed by atoms with Gasteiger partial charge in [0.15, 0.2) is 0 Å². The van der Waals surface area contributed by atoms with E-state index in [1.54, 1.807) is 0 Å². The van der Waals surface area contributed by atoms with Crippen LogP contribution < -0.4 is 0 Å². The predicted octanol–water partition coefficient (Wildman–Crippen LogP) is 7.09. The number of quaternary nitrogens is 1. The molecule has 176 valence electrons. The maximum atomic E-state index is 12.2. The Morgan fingerprint density at radius 3 is 1.69 bits per heavy atom. The summed E-state index contributed by atoms with van der Waals surface area (Å²) in [6.45, 7) is 5.25. The fourth-order valence-corrected chi connectivity index (χ4v) is 4.39. The summed E-state index contributed by atoms with van der Waals surface area (Å²) >= 11 is 0. The summed E-state index contributed by atoms with van der Waals surface area (Å²) in [7, 11) is 2.12. The number of nitrogens with zero attached hydrogens (tertiary/aromatic N) is 1. The number of rotatable bonds is 21. The molecule has 1 N–H and O–H groups in total. The van der Waals surface area contributed by atoms with Crippen LogP contribution in [0.3, 0.4) is 0 Å². The van der Waals surface area contributed by atoms with Crippen LogP contribution in [0.4, 0.5) is 0 Å². The number of hydrogen-bond acceptors (Lipinski definition) is 3. The van der Waals surface area contributed by atoms with E-state index in [0.29, 0.717) is 11.0 Å². The molecule has 0 aromatic rings. The van der Waals surface area contributed by atoms with E-state index >= 15 is 0 Å². The number of phosphoric ester groups is 1. The monoisotopic (exact) mass is 436 g/mol. The normalized spacial score (nSPS) is 15.4. The zero-order valence-electron chi connectivity index (χ0n) is 20.2. The maximum absolute atomic E-state index is 12.2. The zero-order chi connectivity index (χ0) is 22.0. The Labute approximate surface area is 181 Å². The van der Waals surface area contributed by atoms with E-state index in [1.165, 1.54) is 70.6 Å². The highest BCUT2D eigenvalue weighted by Gasteiger charge is 2.26. The molecule has 29 heavy (non-hydrogen) atoms. The molecular formula is C23H51NO4P+. The van der Waals surface area contributed by atoms with Crippen LogP contribution in [0, 0.1) is 0 Å². The molecule has 0 bridgehead atoms. The van der Waals surface area contributed by atoms with E-state index in [1.807, 2.05) is 21.1 Å². The summed E-state index contributed by atoms with van der Waals surface area (Å²) < 4.78 is 23.5. The molecule has 5 nitrogen and oxygen atoms in total. The van der Waals surface area contributed by atoms with Gasteiger partial charge >= 0.3 is 7.82 Å². The fourth-order valence-electron chi connectivity index (χ4n) is 3.43. The first-order valence-corrected chi connectivity index (χ1v) is 13.7. The molecule has 0 amide bonds. The smallest absolute Gasteiger partial charge is 0.329 e. The van der Waals surface area contributed by atoms with Gasteiger partial charge in [0.1, 0.15) is 13.2 Å². The molecule has 2 atom stereocenters. The second-order valence-corrected chi connectivity index (χ2v) is 10.9. The van der Waals surface area contributed by atoms with Crippen molar-refractivity contribution in [3.63, 3.8) is 0 Å². The van der Waals surface area contributed by atoms with E-state index in [-0.39, 0.29) is 12.7 Å². The number of likely N-dealkylation sites (N-methyl/N-ethyl adjacent to an activating group) is 1. The van der Waals surface area contributed by atoms with Gasteiger partial charge in [-0.3, -0.25) is 9.05 Å². The molecular weight excluding hydrogens is 385 g/mol. The summed E-state index contributed by atoms with van der Waals surface area (Å²) in [5.74, 6) is 0. The standard InChI is InChI=1S/C23H50NO4P/c1-6-8-9-10-11-12-13-14-15-16-17-18-20-23(19-7-2)28-29(25,26)27-22-21-24(3,4)5/h23H,6-22H2,1-5H3/p+1. The van der Waals surface area contributed by atoms with Gasteiger partial charge in [0.25, 0.3) is 0 Å². The van der Waals surface area contributed by atoms with Crippen molar-refractivity contribution in [1.29, 1.82) is 0 Å². The van der Waals surface area contributed by atoms with E-state index in [4.69, 9.17) is 9.05 Å².